The minimum Gasteiger partial charge on any atom is -0.355 e. The molecular weight excluding hydrogens is 240 g/mol. The van der Waals surface area contributed by atoms with Gasteiger partial charge in [-0.05, 0) is 32.9 Å². The van der Waals surface area contributed by atoms with E-state index in [-0.39, 0.29) is 23.5 Å². The van der Waals surface area contributed by atoms with E-state index in [9.17, 15) is 9.59 Å². The molecule has 0 heterocycles. The Labute approximate surface area is 116 Å². The van der Waals surface area contributed by atoms with E-state index in [1.807, 2.05) is 21.0 Å². The van der Waals surface area contributed by atoms with Crippen LogP contribution in [0.15, 0.2) is 0 Å². The smallest absolute Gasteiger partial charge is 0.223 e. The lowest BCUT2D eigenvalue weighted by atomic mass is 9.76. The van der Waals surface area contributed by atoms with E-state index < -0.39 is 0 Å². The van der Waals surface area contributed by atoms with Gasteiger partial charge in [-0.3, -0.25) is 9.59 Å². The van der Waals surface area contributed by atoms with Crippen LogP contribution in [0.4, 0.5) is 0 Å². The van der Waals surface area contributed by atoms with Gasteiger partial charge in [-0.25, -0.2) is 0 Å². The number of nitrogens with one attached hydrogen (secondary N) is 1. The van der Waals surface area contributed by atoms with Gasteiger partial charge in [0.1, 0.15) is 5.78 Å². The van der Waals surface area contributed by atoms with Crippen molar-refractivity contribution in [3.05, 3.63) is 0 Å². The third-order valence-corrected chi connectivity index (χ3v) is 3.99. The maximum absolute atomic E-state index is 12.2. The summed E-state index contributed by atoms with van der Waals surface area (Å²) in [5.74, 6) is 0.750. The molecule has 0 aromatic rings. The Morgan fingerprint density at radius 3 is 2.53 bits per heavy atom. The molecule has 110 valence electrons. The van der Waals surface area contributed by atoms with Crippen LogP contribution in [-0.2, 0) is 9.59 Å². The number of hydrogen-bond acceptors (Lipinski definition) is 3. The fourth-order valence-corrected chi connectivity index (χ4v) is 2.77. The van der Waals surface area contributed by atoms with Crippen LogP contribution in [0.1, 0.15) is 45.4 Å². The van der Waals surface area contributed by atoms with Crippen LogP contribution in [0.3, 0.4) is 0 Å². The first-order valence-corrected chi connectivity index (χ1v) is 7.48. The molecule has 0 radical (unpaired) electrons. The molecular formula is C15H28N2O2. The van der Waals surface area contributed by atoms with E-state index in [4.69, 9.17) is 0 Å². The number of hydrogen-bond donors (Lipinski definition) is 1. The molecule has 0 spiro atoms. The van der Waals surface area contributed by atoms with Crippen LogP contribution in [-0.4, -0.2) is 43.8 Å². The van der Waals surface area contributed by atoms with Gasteiger partial charge in [0.2, 0.25) is 5.91 Å². The van der Waals surface area contributed by atoms with Gasteiger partial charge < -0.3 is 10.2 Å². The maximum atomic E-state index is 12.2. The Morgan fingerprint density at radius 1 is 1.21 bits per heavy atom. The van der Waals surface area contributed by atoms with E-state index in [2.05, 4.69) is 10.2 Å². The molecule has 1 fully saturated rings. The Hall–Kier alpha value is -0.900. The lowest BCUT2D eigenvalue weighted by Crippen LogP contribution is -2.40. The summed E-state index contributed by atoms with van der Waals surface area (Å²) in [5.41, 5.74) is 0. The van der Waals surface area contributed by atoms with Gasteiger partial charge >= 0.3 is 0 Å². The Kier molecular flexibility index (Phi) is 7.06. The number of Topliss-reactive ketones (excluding diaryl/α,β-unsaturated/α-hetero) is 1. The van der Waals surface area contributed by atoms with Crippen molar-refractivity contribution in [1.29, 1.82) is 0 Å². The molecule has 1 rings (SSSR count). The number of likely N-dealkylation sites (N-methyl/N-ethyl adjacent to an activating group) is 1. The Balaban J connectivity index is 2.46. The molecule has 1 saturated carbocycles. The van der Waals surface area contributed by atoms with Crippen molar-refractivity contribution in [2.45, 2.75) is 45.4 Å². The van der Waals surface area contributed by atoms with Crippen molar-refractivity contribution < 1.29 is 9.59 Å². The molecule has 19 heavy (non-hydrogen) atoms. The normalized spacial score (nSPS) is 23.4. The fraction of sp³-hybridized carbons (Fsp3) is 0.867. The lowest BCUT2D eigenvalue weighted by Gasteiger charge is -2.30. The number of rotatable bonds is 7. The van der Waals surface area contributed by atoms with Crippen molar-refractivity contribution in [1.82, 2.24) is 10.2 Å². The zero-order chi connectivity index (χ0) is 14.3. The molecule has 0 aromatic heterocycles. The fourth-order valence-electron chi connectivity index (χ4n) is 2.77. The molecule has 1 N–H and O–H groups in total. The summed E-state index contributed by atoms with van der Waals surface area (Å²) in [6, 6.07) is 0. The van der Waals surface area contributed by atoms with Gasteiger partial charge in [0, 0.05) is 31.8 Å². The molecule has 0 bridgehead atoms. The third-order valence-electron chi connectivity index (χ3n) is 3.99. The summed E-state index contributed by atoms with van der Waals surface area (Å²) in [4.78, 5) is 25.9. The van der Waals surface area contributed by atoms with Crippen molar-refractivity contribution >= 4 is 11.7 Å². The predicted octanol–water partition coefficient (Wildman–Crippen LogP) is 1.84. The summed E-state index contributed by atoms with van der Waals surface area (Å²) in [6.45, 7) is 3.45. The summed E-state index contributed by atoms with van der Waals surface area (Å²) < 4.78 is 0. The monoisotopic (exact) mass is 268 g/mol. The molecule has 1 aliphatic rings. The summed E-state index contributed by atoms with van der Waals surface area (Å²) in [5, 5.41) is 3.01. The molecule has 2 atom stereocenters. The highest BCUT2D eigenvalue weighted by molar-refractivity contribution is 5.82. The molecule has 4 heteroatoms. The van der Waals surface area contributed by atoms with Crippen LogP contribution in [0.5, 0.6) is 0 Å². The largest absolute Gasteiger partial charge is 0.355 e. The first-order valence-electron chi connectivity index (χ1n) is 7.48. The molecule has 0 unspecified atom stereocenters. The number of ketones is 1. The highest BCUT2D eigenvalue weighted by atomic mass is 16.2. The Bertz CT molecular complexity index is 303. The van der Waals surface area contributed by atoms with E-state index in [1.165, 1.54) is 0 Å². The van der Waals surface area contributed by atoms with Gasteiger partial charge in [0.15, 0.2) is 0 Å². The lowest BCUT2D eigenvalue weighted by molar-refractivity contribution is -0.129. The first kappa shape index (κ1) is 16.2. The van der Waals surface area contributed by atoms with Gasteiger partial charge in [-0.1, -0.05) is 19.8 Å². The summed E-state index contributed by atoms with van der Waals surface area (Å²) in [7, 11) is 3.99. The second-order valence-electron chi connectivity index (χ2n) is 5.84. The van der Waals surface area contributed by atoms with E-state index >= 15 is 0 Å². The average molecular weight is 268 g/mol. The SMILES string of the molecule is CCC(=O)C[C@@H]1CCCC[C@@H]1C(=O)NCCN(C)C. The van der Waals surface area contributed by atoms with Crippen molar-refractivity contribution in [2.75, 3.05) is 27.2 Å². The second kappa shape index (κ2) is 8.31. The molecule has 0 aromatic carbocycles. The zero-order valence-corrected chi connectivity index (χ0v) is 12.6. The van der Waals surface area contributed by atoms with E-state index in [1.54, 1.807) is 0 Å². The van der Waals surface area contributed by atoms with Gasteiger partial charge in [-0.15, -0.1) is 0 Å². The Morgan fingerprint density at radius 2 is 1.89 bits per heavy atom. The van der Waals surface area contributed by atoms with E-state index in [0.717, 1.165) is 32.2 Å². The number of carbonyl (C=O) groups excluding carboxylic acids is 2. The summed E-state index contributed by atoms with van der Waals surface area (Å²) in [6.07, 6.45) is 5.41. The second-order valence-corrected chi connectivity index (χ2v) is 5.84. The van der Waals surface area contributed by atoms with Gasteiger partial charge in [0.05, 0.1) is 0 Å². The number of carbonyl (C=O) groups is 2. The van der Waals surface area contributed by atoms with Gasteiger partial charge in [-0.2, -0.15) is 0 Å². The van der Waals surface area contributed by atoms with Crippen molar-refractivity contribution in [3.63, 3.8) is 0 Å². The predicted molar refractivity (Wildman–Crippen MR) is 76.9 cm³/mol. The van der Waals surface area contributed by atoms with Crippen molar-refractivity contribution in [3.8, 4) is 0 Å². The zero-order valence-electron chi connectivity index (χ0n) is 12.6. The van der Waals surface area contributed by atoms with Gasteiger partial charge in [0.25, 0.3) is 0 Å². The first-order chi connectivity index (χ1) is 9.04. The standard InChI is InChI=1S/C15H28N2O2/c1-4-13(18)11-12-7-5-6-8-14(12)15(19)16-9-10-17(2)3/h12,14H,4-11H2,1-3H3,(H,16,19)/t12-,14-/m0/s1. The quantitative estimate of drug-likeness (QED) is 0.766. The van der Waals surface area contributed by atoms with E-state index in [0.29, 0.717) is 19.4 Å². The number of nitrogens with zero attached hydrogens (tertiary/aromatic N) is 1. The van der Waals surface area contributed by atoms with Crippen LogP contribution in [0.25, 0.3) is 0 Å². The van der Waals surface area contributed by atoms with Crippen LogP contribution < -0.4 is 5.32 Å². The maximum Gasteiger partial charge on any atom is 0.223 e. The van der Waals surface area contributed by atoms with Crippen LogP contribution >= 0.6 is 0 Å². The molecule has 1 amide bonds. The van der Waals surface area contributed by atoms with Crippen molar-refractivity contribution in [2.24, 2.45) is 11.8 Å². The highest BCUT2D eigenvalue weighted by Gasteiger charge is 2.31. The molecule has 1 aliphatic carbocycles. The molecule has 0 saturated heterocycles. The highest BCUT2D eigenvalue weighted by Crippen LogP contribution is 2.32. The molecule has 4 nitrogen and oxygen atoms in total. The third kappa shape index (κ3) is 5.72. The minimum atomic E-state index is 0.0476. The topological polar surface area (TPSA) is 49.4 Å². The number of amides is 1. The molecule has 0 aliphatic heterocycles. The minimum absolute atomic E-state index is 0.0476. The average Bonchev–Trinajstić information content (AvgIpc) is 2.38. The van der Waals surface area contributed by atoms with Crippen LogP contribution in [0, 0.1) is 11.8 Å². The summed E-state index contributed by atoms with van der Waals surface area (Å²) >= 11 is 0. The van der Waals surface area contributed by atoms with Crippen LogP contribution in [0.2, 0.25) is 0 Å².